The van der Waals surface area contributed by atoms with E-state index < -0.39 is 0 Å². The third kappa shape index (κ3) is 11.2. The first kappa shape index (κ1) is 15.2. The zero-order valence-electron chi connectivity index (χ0n) is 10.4. The Hall–Kier alpha value is -0.830. The van der Waals surface area contributed by atoms with E-state index in [1.807, 2.05) is 13.0 Å². The number of hydrogen-bond acceptors (Lipinski definition) is 3. The van der Waals surface area contributed by atoms with Crippen LogP contribution in [0.5, 0.6) is 0 Å². The number of aliphatic hydroxyl groups is 1. The summed E-state index contributed by atoms with van der Waals surface area (Å²) in [7, 11) is 1.38. The Kier molecular flexibility index (Phi) is 10.1. The highest BCUT2D eigenvalue weighted by Gasteiger charge is 1.95. The summed E-state index contributed by atoms with van der Waals surface area (Å²) in [6.07, 6.45) is 10.8. The van der Waals surface area contributed by atoms with Gasteiger partial charge in [0, 0.05) is 6.08 Å². The van der Waals surface area contributed by atoms with Crippen LogP contribution in [0.25, 0.3) is 0 Å². The smallest absolute Gasteiger partial charge is 0.330 e. The van der Waals surface area contributed by atoms with Gasteiger partial charge in [0.25, 0.3) is 0 Å². The molecule has 1 atom stereocenters. The Morgan fingerprint density at radius 3 is 2.50 bits per heavy atom. The van der Waals surface area contributed by atoms with E-state index in [0.29, 0.717) is 0 Å². The van der Waals surface area contributed by atoms with Gasteiger partial charge in [-0.15, -0.1) is 0 Å². The number of aliphatic hydroxyl groups excluding tert-OH is 1. The number of carbonyl (C=O) groups is 1. The molecular formula is C13H24O3. The number of ether oxygens (including phenoxy) is 1. The van der Waals surface area contributed by atoms with Gasteiger partial charge in [0.05, 0.1) is 13.2 Å². The van der Waals surface area contributed by atoms with Gasteiger partial charge in [-0.05, 0) is 26.2 Å². The third-order valence-electron chi connectivity index (χ3n) is 2.45. The topological polar surface area (TPSA) is 46.5 Å². The summed E-state index contributed by atoms with van der Waals surface area (Å²) < 4.78 is 4.48. The van der Waals surface area contributed by atoms with Crippen molar-refractivity contribution in [3.05, 3.63) is 12.2 Å². The number of allylic oxidation sites excluding steroid dienone is 1. The molecular weight excluding hydrogens is 204 g/mol. The quantitative estimate of drug-likeness (QED) is 0.375. The van der Waals surface area contributed by atoms with E-state index in [-0.39, 0.29) is 12.1 Å². The molecule has 1 unspecified atom stereocenters. The van der Waals surface area contributed by atoms with Crippen LogP contribution in [0, 0.1) is 0 Å². The number of esters is 1. The van der Waals surface area contributed by atoms with Crippen LogP contribution in [0.3, 0.4) is 0 Å². The van der Waals surface area contributed by atoms with Crippen molar-refractivity contribution in [3.63, 3.8) is 0 Å². The molecule has 0 fully saturated rings. The lowest BCUT2D eigenvalue weighted by molar-refractivity contribution is -0.134. The van der Waals surface area contributed by atoms with Crippen LogP contribution in [-0.2, 0) is 9.53 Å². The van der Waals surface area contributed by atoms with Crippen LogP contribution in [-0.4, -0.2) is 24.3 Å². The molecule has 0 spiro atoms. The lowest BCUT2D eigenvalue weighted by atomic mass is 10.1. The molecule has 94 valence electrons. The average molecular weight is 228 g/mol. The fourth-order valence-electron chi connectivity index (χ4n) is 1.48. The van der Waals surface area contributed by atoms with Crippen molar-refractivity contribution in [1.29, 1.82) is 0 Å². The first-order valence-electron chi connectivity index (χ1n) is 6.09. The number of methoxy groups -OCH3 is 1. The second-order valence-corrected chi connectivity index (χ2v) is 4.12. The van der Waals surface area contributed by atoms with Crippen LogP contribution < -0.4 is 0 Å². The lowest BCUT2D eigenvalue weighted by Crippen LogP contribution is -1.98. The standard InChI is InChI=1S/C13H24O3/c1-12(14)10-8-6-4-3-5-7-9-11-13(15)16-2/h9,11-12,14H,3-8,10H2,1-2H3/b11-9+. The van der Waals surface area contributed by atoms with Gasteiger partial charge in [-0.25, -0.2) is 4.79 Å². The molecule has 0 aliphatic rings. The van der Waals surface area contributed by atoms with Gasteiger partial charge in [-0.2, -0.15) is 0 Å². The Morgan fingerprint density at radius 1 is 1.25 bits per heavy atom. The first-order valence-corrected chi connectivity index (χ1v) is 6.09. The second kappa shape index (κ2) is 10.7. The summed E-state index contributed by atoms with van der Waals surface area (Å²) in [5.74, 6) is -0.281. The predicted molar refractivity (Wildman–Crippen MR) is 65.2 cm³/mol. The van der Waals surface area contributed by atoms with E-state index in [2.05, 4.69) is 4.74 Å². The van der Waals surface area contributed by atoms with Crippen molar-refractivity contribution in [3.8, 4) is 0 Å². The van der Waals surface area contributed by atoms with E-state index in [0.717, 1.165) is 25.7 Å². The highest BCUT2D eigenvalue weighted by atomic mass is 16.5. The first-order chi connectivity index (χ1) is 7.66. The van der Waals surface area contributed by atoms with Gasteiger partial charge in [0.1, 0.15) is 0 Å². The van der Waals surface area contributed by atoms with Crippen LogP contribution in [0.15, 0.2) is 12.2 Å². The summed E-state index contributed by atoms with van der Waals surface area (Å²) in [5, 5.41) is 9.05. The monoisotopic (exact) mass is 228 g/mol. The molecule has 0 saturated carbocycles. The zero-order chi connectivity index (χ0) is 12.2. The molecule has 3 nitrogen and oxygen atoms in total. The van der Waals surface area contributed by atoms with Crippen molar-refractivity contribution in [2.24, 2.45) is 0 Å². The fraction of sp³-hybridized carbons (Fsp3) is 0.769. The predicted octanol–water partition coefficient (Wildman–Crippen LogP) is 2.83. The molecule has 0 aromatic heterocycles. The molecule has 1 N–H and O–H groups in total. The van der Waals surface area contributed by atoms with Gasteiger partial charge in [-0.1, -0.05) is 31.8 Å². The SMILES string of the molecule is COC(=O)/C=C/CCCCCCCC(C)O. The molecule has 0 aliphatic carbocycles. The molecule has 0 aromatic rings. The van der Waals surface area contributed by atoms with E-state index >= 15 is 0 Å². The fourth-order valence-corrected chi connectivity index (χ4v) is 1.48. The Bertz CT molecular complexity index is 197. The highest BCUT2D eigenvalue weighted by Crippen LogP contribution is 2.08. The van der Waals surface area contributed by atoms with E-state index in [1.54, 1.807) is 0 Å². The van der Waals surface area contributed by atoms with Crippen molar-refractivity contribution in [2.45, 2.75) is 58.0 Å². The van der Waals surface area contributed by atoms with Crippen LogP contribution in [0.2, 0.25) is 0 Å². The van der Waals surface area contributed by atoms with Gasteiger partial charge >= 0.3 is 5.97 Å². The average Bonchev–Trinajstić information content (AvgIpc) is 2.26. The molecule has 0 rings (SSSR count). The summed E-state index contributed by atoms with van der Waals surface area (Å²) in [5.41, 5.74) is 0. The normalized spacial score (nSPS) is 12.9. The van der Waals surface area contributed by atoms with Crippen LogP contribution in [0.4, 0.5) is 0 Å². The van der Waals surface area contributed by atoms with Crippen molar-refractivity contribution < 1.29 is 14.6 Å². The minimum Gasteiger partial charge on any atom is -0.466 e. The third-order valence-corrected chi connectivity index (χ3v) is 2.45. The molecule has 0 aliphatic heterocycles. The van der Waals surface area contributed by atoms with Gasteiger partial charge in [0.2, 0.25) is 0 Å². The summed E-state index contributed by atoms with van der Waals surface area (Å²) in [6, 6.07) is 0. The molecule has 3 heteroatoms. The minimum absolute atomic E-state index is 0.164. The van der Waals surface area contributed by atoms with Crippen LogP contribution in [0.1, 0.15) is 51.9 Å². The maximum Gasteiger partial charge on any atom is 0.330 e. The number of rotatable bonds is 9. The van der Waals surface area contributed by atoms with Gasteiger partial charge in [0.15, 0.2) is 0 Å². The Labute approximate surface area is 98.5 Å². The van der Waals surface area contributed by atoms with Gasteiger partial charge < -0.3 is 9.84 Å². The van der Waals surface area contributed by atoms with E-state index in [9.17, 15) is 4.79 Å². The van der Waals surface area contributed by atoms with Crippen LogP contribution >= 0.6 is 0 Å². The molecule has 0 radical (unpaired) electrons. The van der Waals surface area contributed by atoms with Crippen molar-refractivity contribution in [1.82, 2.24) is 0 Å². The molecule has 16 heavy (non-hydrogen) atoms. The van der Waals surface area contributed by atoms with E-state index in [1.165, 1.54) is 32.4 Å². The summed E-state index contributed by atoms with van der Waals surface area (Å²) >= 11 is 0. The summed E-state index contributed by atoms with van der Waals surface area (Å²) in [6.45, 7) is 1.83. The lowest BCUT2D eigenvalue weighted by Gasteiger charge is -2.03. The largest absolute Gasteiger partial charge is 0.466 e. The maximum atomic E-state index is 10.7. The molecule has 0 aromatic carbocycles. The zero-order valence-corrected chi connectivity index (χ0v) is 10.4. The van der Waals surface area contributed by atoms with Gasteiger partial charge in [-0.3, -0.25) is 0 Å². The second-order valence-electron chi connectivity index (χ2n) is 4.12. The molecule has 0 heterocycles. The van der Waals surface area contributed by atoms with E-state index in [4.69, 9.17) is 5.11 Å². The summed E-state index contributed by atoms with van der Waals surface area (Å²) in [4.78, 5) is 10.7. The molecule has 0 bridgehead atoms. The number of carbonyl (C=O) groups excluding carboxylic acids is 1. The minimum atomic E-state index is -0.281. The Balaban J connectivity index is 3.15. The van der Waals surface area contributed by atoms with Crippen molar-refractivity contribution in [2.75, 3.05) is 7.11 Å². The highest BCUT2D eigenvalue weighted by molar-refractivity contribution is 5.81. The van der Waals surface area contributed by atoms with Crippen molar-refractivity contribution >= 4 is 5.97 Å². The molecule has 0 amide bonds. The number of unbranched alkanes of at least 4 members (excludes halogenated alkanes) is 5. The number of hydrogen-bond donors (Lipinski definition) is 1. The Morgan fingerprint density at radius 2 is 1.88 bits per heavy atom. The molecule has 0 saturated heterocycles. The maximum absolute atomic E-state index is 10.7.